The summed E-state index contributed by atoms with van der Waals surface area (Å²) in [6.45, 7) is 4.56. The van der Waals surface area contributed by atoms with Crippen LogP contribution in [0.1, 0.15) is 13.8 Å². The molecule has 1 aliphatic rings. The maximum atomic E-state index is 11.5. The highest BCUT2D eigenvalue weighted by atomic mass is 16.1. The van der Waals surface area contributed by atoms with Gasteiger partial charge in [-0.05, 0) is 14.0 Å². The third-order valence-electron chi connectivity index (χ3n) is 2.74. The Morgan fingerprint density at radius 2 is 2.08 bits per heavy atom. The first kappa shape index (κ1) is 9.39. The molecule has 0 spiro atoms. The molecule has 3 heteroatoms. The summed E-state index contributed by atoms with van der Waals surface area (Å²) in [5.74, 6) is -0.323. The van der Waals surface area contributed by atoms with E-state index in [9.17, 15) is 9.59 Å². The number of ketones is 1. The zero-order valence-corrected chi connectivity index (χ0v) is 7.78. The molecule has 0 aromatic rings. The normalized spacial score (nSPS) is 38.2. The van der Waals surface area contributed by atoms with Gasteiger partial charge in [-0.2, -0.15) is 0 Å². The molecule has 12 heavy (non-hydrogen) atoms. The van der Waals surface area contributed by atoms with E-state index in [1.165, 1.54) is 0 Å². The fourth-order valence-corrected chi connectivity index (χ4v) is 1.71. The largest absolute Gasteiger partial charge is 0.303 e. The molecule has 3 atom stereocenters. The molecule has 0 radical (unpaired) electrons. The van der Waals surface area contributed by atoms with Gasteiger partial charge < -0.3 is 9.69 Å². The SMILES string of the molecule is CC1CN(C)C(C)C(C=O)C1=O. The van der Waals surface area contributed by atoms with Crippen molar-refractivity contribution in [1.29, 1.82) is 0 Å². The van der Waals surface area contributed by atoms with Crippen LogP contribution >= 0.6 is 0 Å². The molecule has 1 saturated heterocycles. The van der Waals surface area contributed by atoms with E-state index in [0.717, 1.165) is 12.8 Å². The number of hydrogen-bond acceptors (Lipinski definition) is 3. The molecular weight excluding hydrogens is 154 g/mol. The van der Waals surface area contributed by atoms with Crippen molar-refractivity contribution in [1.82, 2.24) is 4.90 Å². The lowest BCUT2D eigenvalue weighted by atomic mass is 9.84. The summed E-state index contributed by atoms with van der Waals surface area (Å²) in [5.41, 5.74) is 0. The Kier molecular flexibility index (Phi) is 2.62. The van der Waals surface area contributed by atoms with Crippen LogP contribution in [0.5, 0.6) is 0 Å². The minimum atomic E-state index is -0.418. The first-order valence-corrected chi connectivity index (χ1v) is 4.27. The second-order valence-corrected chi connectivity index (χ2v) is 3.65. The molecular formula is C9H15NO2. The lowest BCUT2D eigenvalue weighted by molar-refractivity contribution is -0.136. The van der Waals surface area contributed by atoms with Crippen LogP contribution in [0.25, 0.3) is 0 Å². The summed E-state index contributed by atoms with van der Waals surface area (Å²) in [4.78, 5) is 24.1. The Hall–Kier alpha value is -0.700. The average molecular weight is 169 g/mol. The van der Waals surface area contributed by atoms with E-state index in [2.05, 4.69) is 4.90 Å². The van der Waals surface area contributed by atoms with Crippen molar-refractivity contribution in [2.75, 3.05) is 13.6 Å². The topological polar surface area (TPSA) is 37.4 Å². The molecule has 0 aromatic carbocycles. The van der Waals surface area contributed by atoms with E-state index in [4.69, 9.17) is 0 Å². The van der Waals surface area contributed by atoms with Crippen LogP contribution in [-0.2, 0) is 9.59 Å². The van der Waals surface area contributed by atoms with E-state index in [0.29, 0.717) is 0 Å². The minimum absolute atomic E-state index is 0.00130. The number of carbonyl (C=O) groups is 2. The summed E-state index contributed by atoms with van der Waals surface area (Å²) in [5, 5.41) is 0. The zero-order valence-electron chi connectivity index (χ0n) is 7.78. The van der Waals surface area contributed by atoms with Gasteiger partial charge in [0.15, 0.2) is 0 Å². The van der Waals surface area contributed by atoms with E-state index in [-0.39, 0.29) is 17.7 Å². The number of hydrogen-bond donors (Lipinski definition) is 0. The van der Waals surface area contributed by atoms with Crippen molar-refractivity contribution >= 4 is 12.1 Å². The predicted octanol–water partition coefficient (Wildman–Crippen LogP) is 0.341. The Balaban J connectivity index is 2.80. The number of piperidine rings is 1. The molecule has 0 amide bonds. The van der Waals surface area contributed by atoms with Gasteiger partial charge in [-0.3, -0.25) is 4.79 Å². The average Bonchev–Trinajstić information content (AvgIpc) is 2.02. The second-order valence-electron chi connectivity index (χ2n) is 3.65. The molecule has 0 saturated carbocycles. The molecule has 0 N–H and O–H groups in total. The molecule has 0 bridgehead atoms. The fourth-order valence-electron chi connectivity index (χ4n) is 1.71. The Labute approximate surface area is 72.7 Å². The van der Waals surface area contributed by atoms with E-state index in [1.807, 2.05) is 20.9 Å². The highest BCUT2D eigenvalue weighted by Gasteiger charge is 2.36. The number of aldehydes is 1. The Bertz CT molecular complexity index is 203. The van der Waals surface area contributed by atoms with Gasteiger partial charge in [0.2, 0.25) is 0 Å². The molecule has 68 valence electrons. The molecule has 1 rings (SSSR count). The van der Waals surface area contributed by atoms with Crippen molar-refractivity contribution in [3.05, 3.63) is 0 Å². The second kappa shape index (κ2) is 3.35. The number of rotatable bonds is 1. The first-order valence-electron chi connectivity index (χ1n) is 4.27. The van der Waals surface area contributed by atoms with Crippen molar-refractivity contribution in [3.63, 3.8) is 0 Å². The highest BCUT2D eigenvalue weighted by Crippen LogP contribution is 2.21. The third kappa shape index (κ3) is 1.41. The summed E-state index contributed by atoms with van der Waals surface area (Å²) in [6.07, 6.45) is 0.777. The van der Waals surface area contributed by atoms with Gasteiger partial charge in [-0.15, -0.1) is 0 Å². The highest BCUT2D eigenvalue weighted by molar-refractivity contribution is 5.96. The summed E-state index contributed by atoms with van der Waals surface area (Å²) in [7, 11) is 1.95. The molecule has 3 nitrogen and oxygen atoms in total. The summed E-state index contributed by atoms with van der Waals surface area (Å²) in [6, 6.07) is 0.0613. The smallest absolute Gasteiger partial charge is 0.148 e. The first-order chi connectivity index (χ1) is 5.57. The molecule has 1 fully saturated rings. The number of likely N-dealkylation sites (tertiary alicyclic amines) is 1. The molecule has 3 unspecified atom stereocenters. The minimum Gasteiger partial charge on any atom is -0.303 e. The standard InChI is InChI=1S/C9H15NO2/c1-6-4-10(3)7(2)8(5-11)9(6)12/h5-8H,4H2,1-3H3. The zero-order chi connectivity index (χ0) is 9.30. The van der Waals surface area contributed by atoms with Crippen LogP contribution in [0.4, 0.5) is 0 Å². The molecule has 1 heterocycles. The fraction of sp³-hybridized carbons (Fsp3) is 0.778. The van der Waals surface area contributed by atoms with Gasteiger partial charge in [0, 0.05) is 18.5 Å². The van der Waals surface area contributed by atoms with Crippen LogP contribution in [0, 0.1) is 11.8 Å². The Morgan fingerprint density at radius 3 is 2.58 bits per heavy atom. The van der Waals surface area contributed by atoms with Gasteiger partial charge in [0.1, 0.15) is 12.1 Å². The number of Topliss-reactive ketones (excluding diaryl/α,β-unsaturated/α-hetero) is 1. The van der Waals surface area contributed by atoms with E-state index in [1.54, 1.807) is 0 Å². The molecule has 1 aliphatic heterocycles. The van der Waals surface area contributed by atoms with Gasteiger partial charge in [-0.1, -0.05) is 6.92 Å². The van der Waals surface area contributed by atoms with Crippen LogP contribution in [0.2, 0.25) is 0 Å². The van der Waals surface area contributed by atoms with Gasteiger partial charge in [-0.25, -0.2) is 0 Å². The van der Waals surface area contributed by atoms with Crippen molar-refractivity contribution < 1.29 is 9.59 Å². The predicted molar refractivity (Wildman–Crippen MR) is 45.8 cm³/mol. The van der Waals surface area contributed by atoms with E-state index < -0.39 is 5.92 Å². The number of nitrogens with zero attached hydrogens (tertiary/aromatic N) is 1. The van der Waals surface area contributed by atoms with Crippen molar-refractivity contribution in [2.45, 2.75) is 19.9 Å². The van der Waals surface area contributed by atoms with Crippen LogP contribution in [0.3, 0.4) is 0 Å². The lowest BCUT2D eigenvalue weighted by Crippen LogP contribution is -2.50. The summed E-state index contributed by atoms with van der Waals surface area (Å²) >= 11 is 0. The van der Waals surface area contributed by atoms with Crippen molar-refractivity contribution in [3.8, 4) is 0 Å². The number of carbonyl (C=O) groups excluding carboxylic acids is 2. The maximum absolute atomic E-state index is 11.5. The van der Waals surface area contributed by atoms with Crippen LogP contribution in [-0.4, -0.2) is 36.6 Å². The van der Waals surface area contributed by atoms with Crippen LogP contribution < -0.4 is 0 Å². The van der Waals surface area contributed by atoms with E-state index >= 15 is 0 Å². The van der Waals surface area contributed by atoms with Gasteiger partial charge in [0.25, 0.3) is 0 Å². The van der Waals surface area contributed by atoms with Gasteiger partial charge >= 0.3 is 0 Å². The molecule has 0 aromatic heterocycles. The van der Waals surface area contributed by atoms with Crippen LogP contribution in [0.15, 0.2) is 0 Å². The summed E-state index contributed by atoms with van der Waals surface area (Å²) < 4.78 is 0. The Morgan fingerprint density at radius 1 is 1.50 bits per heavy atom. The third-order valence-corrected chi connectivity index (χ3v) is 2.74. The van der Waals surface area contributed by atoms with Gasteiger partial charge in [0.05, 0.1) is 5.92 Å². The monoisotopic (exact) mass is 169 g/mol. The maximum Gasteiger partial charge on any atom is 0.148 e. The lowest BCUT2D eigenvalue weighted by Gasteiger charge is -2.36. The van der Waals surface area contributed by atoms with Crippen molar-refractivity contribution in [2.24, 2.45) is 11.8 Å². The quantitative estimate of drug-likeness (QED) is 0.419. The molecule has 0 aliphatic carbocycles.